The molecule has 1 amide bonds. The van der Waals surface area contributed by atoms with Crippen LogP contribution in [-0.4, -0.2) is 25.2 Å². The number of hydrogen-bond acceptors (Lipinski definition) is 4. The van der Waals surface area contributed by atoms with Gasteiger partial charge in [0, 0.05) is 5.92 Å². The van der Waals surface area contributed by atoms with Crippen LogP contribution in [0.4, 0.5) is 5.69 Å². The predicted octanol–water partition coefficient (Wildman–Crippen LogP) is 1.78. The minimum atomic E-state index is -3.35. The Bertz CT molecular complexity index is 609. The molecule has 0 heterocycles. The van der Waals surface area contributed by atoms with Gasteiger partial charge in [-0.2, -0.15) is 0 Å². The number of carbonyl (C=O) groups excluding carboxylic acids is 1. The van der Waals surface area contributed by atoms with Crippen molar-refractivity contribution in [2.24, 2.45) is 11.8 Å². The van der Waals surface area contributed by atoms with Crippen molar-refractivity contribution >= 4 is 21.4 Å². The quantitative estimate of drug-likeness (QED) is 0.825. The lowest BCUT2D eigenvalue weighted by Gasteiger charge is -2.09. The maximum Gasteiger partial charge on any atom is 0.227 e. The van der Waals surface area contributed by atoms with Crippen molar-refractivity contribution in [1.29, 1.82) is 0 Å². The van der Waals surface area contributed by atoms with Crippen molar-refractivity contribution in [2.75, 3.05) is 11.1 Å². The Morgan fingerprint density at radius 1 is 1.47 bits per heavy atom. The van der Waals surface area contributed by atoms with Crippen molar-refractivity contribution in [3.8, 4) is 5.75 Å². The lowest BCUT2D eigenvalue weighted by atomic mass is 10.2. The van der Waals surface area contributed by atoms with E-state index in [0.717, 1.165) is 6.42 Å². The van der Waals surface area contributed by atoms with Gasteiger partial charge in [0.1, 0.15) is 5.75 Å². The monoisotopic (exact) mass is 283 g/mol. The number of anilines is 1. The Kier molecular flexibility index (Phi) is 3.54. The average molecular weight is 283 g/mol. The summed E-state index contributed by atoms with van der Waals surface area (Å²) in [7, 11) is -3.35. The fourth-order valence-corrected chi connectivity index (χ4v) is 2.79. The molecule has 5 nitrogen and oxygen atoms in total. The Morgan fingerprint density at radius 2 is 2.11 bits per heavy atom. The molecule has 1 aromatic carbocycles. The number of aromatic hydroxyl groups is 1. The smallest absolute Gasteiger partial charge is 0.227 e. The van der Waals surface area contributed by atoms with Crippen molar-refractivity contribution in [3.63, 3.8) is 0 Å². The highest BCUT2D eigenvalue weighted by Gasteiger charge is 2.39. The molecule has 1 fully saturated rings. The molecular formula is C13H17NO4S. The van der Waals surface area contributed by atoms with E-state index in [1.165, 1.54) is 18.2 Å². The van der Waals surface area contributed by atoms with E-state index in [0.29, 0.717) is 5.92 Å². The first-order valence-corrected chi connectivity index (χ1v) is 7.87. The van der Waals surface area contributed by atoms with Gasteiger partial charge >= 0.3 is 0 Å². The van der Waals surface area contributed by atoms with E-state index in [9.17, 15) is 18.3 Å². The second-order valence-electron chi connectivity index (χ2n) is 4.89. The molecule has 0 aliphatic heterocycles. The van der Waals surface area contributed by atoms with E-state index in [1.807, 2.05) is 6.92 Å². The van der Waals surface area contributed by atoms with Gasteiger partial charge in [-0.3, -0.25) is 4.79 Å². The maximum atomic E-state index is 11.8. The highest BCUT2D eigenvalue weighted by Crippen LogP contribution is 2.39. The average Bonchev–Trinajstić information content (AvgIpc) is 3.09. The topological polar surface area (TPSA) is 83.5 Å². The van der Waals surface area contributed by atoms with Crippen molar-refractivity contribution < 1.29 is 18.3 Å². The summed E-state index contributed by atoms with van der Waals surface area (Å²) >= 11 is 0. The molecule has 19 heavy (non-hydrogen) atoms. The molecule has 1 aromatic rings. The SMILES string of the molecule is CCS(=O)(=O)c1ccc(O)c(NC(=O)[C@H]2C[C@@H]2C)c1. The number of rotatable bonds is 4. The summed E-state index contributed by atoms with van der Waals surface area (Å²) in [6.07, 6.45) is 0.833. The summed E-state index contributed by atoms with van der Waals surface area (Å²) in [6, 6.07) is 3.93. The van der Waals surface area contributed by atoms with Gasteiger partial charge in [-0.1, -0.05) is 13.8 Å². The number of carbonyl (C=O) groups is 1. The van der Waals surface area contributed by atoms with Gasteiger partial charge in [0.2, 0.25) is 5.91 Å². The van der Waals surface area contributed by atoms with Crippen LogP contribution in [-0.2, 0) is 14.6 Å². The van der Waals surface area contributed by atoms with Crippen LogP contribution in [0.3, 0.4) is 0 Å². The number of phenols is 1. The number of sulfone groups is 1. The molecule has 104 valence electrons. The highest BCUT2D eigenvalue weighted by atomic mass is 32.2. The molecule has 0 unspecified atom stereocenters. The third kappa shape index (κ3) is 2.89. The van der Waals surface area contributed by atoms with Crippen molar-refractivity contribution in [2.45, 2.75) is 25.2 Å². The Morgan fingerprint density at radius 3 is 2.63 bits per heavy atom. The van der Waals surface area contributed by atoms with Crippen LogP contribution < -0.4 is 5.32 Å². The van der Waals surface area contributed by atoms with Crippen LogP contribution in [0.15, 0.2) is 23.1 Å². The first-order valence-electron chi connectivity index (χ1n) is 6.21. The molecule has 0 saturated heterocycles. The van der Waals surface area contributed by atoms with E-state index in [4.69, 9.17) is 0 Å². The van der Waals surface area contributed by atoms with Crippen LogP contribution in [0.2, 0.25) is 0 Å². The van der Waals surface area contributed by atoms with E-state index in [1.54, 1.807) is 6.92 Å². The van der Waals surface area contributed by atoms with Crippen molar-refractivity contribution in [1.82, 2.24) is 0 Å². The largest absolute Gasteiger partial charge is 0.506 e. The van der Waals surface area contributed by atoms with E-state index >= 15 is 0 Å². The summed E-state index contributed by atoms with van der Waals surface area (Å²) in [6.45, 7) is 3.52. The van der Waals surface area contributed by atoms with Crippen molar-refractivity contribution in [3.05, 3.63) is 18.2 Å². The second-order valence-corrected chi connectivity index (χ2v) is 7.17. The van der Waals surface area contributed by atoms with Crippen LogP contribution in [0.25, 0.3) is 0 Å². The van der Waals surface area contributed by atoms with Gasteiger partial charge in [-0.05, 0) is 30.5 Å². The molecule has 2 atom stereocenters. The Balaban J connectivity index is 2.25. The molecule has 0 aromatic heterocycles. The lowest BCUT2D eigenvalue weighted by Crippen LogP contribution is -2.15. The first kappa shape index (κ1) is 13.9. The van der Waals surface area contributed by atoms with E-state index in [-0.39, 0.29) is 33.9 Å². The minimum absolute atomic E-state index is 0.0230. The van der Waals surface area contributed by atoms with Gasteiger partial charge in [0.15, 0.2) is 9.84 Å². The Hall–Kier alpha value is -1.56. The third-order valence-corrected chi connectivity index (χ3v) is 5.14. The number of phenolic OH excluding ortho intramolecular Hbond substituents is 1. The number of benzene rings is 1. The molecule has 0 radical (unpaired) electrons. The molecule has 1 aliphatic carbocycles. The summed E-state index contributed by atoms with van der Waals surface area (Å²) in [5, 5.41) is 12.3. The zero-order valence-corrected chi connectivity index (χ0v) is 11.7. The molecule has 1 saturated carbocycles. The number of amides is 1. The summed E-state index contributed by atoms with van der Waals surface area (Å²) in [5.74, 6) is -0.00810. The minimum Gasteiger partial charge on any atom is -0.506 e. The van der Waals surface area contributed by atoms with Crippen LogP contribution >= 0.6 is 0 Å². The molecule has 0 bridgehead atoms. The highest BCUT2D eigenvalue weighted by molar-refractivity contribution is 7.91. The van der Waals surface area contributed by atoms with Gasteiger partial charge in [-0.15, -0.1) is 0 Å². The predicted molar refractivity (Wildman–Crippen MR) is 71.7 cm³/mol. The maximum absolute atomic E-state index is 11.8. The van der Waals surface area contributed by atoms with Gasteiger partial charge in [-0.25, -0.2) is 8.42 Å². The molecular weight excluding hydrogens is 266 g/mol. The number of nitrogens with one attached hydrogen (secondary N) is 1. The van der Waals surface area contributed by atoms with Gasteiger partial charge in [0.25, 0.3) is 0 Å². The fourth-order valence-electron chi connectivity index (χ4n) is 1.89. The third-order valence-electron chi connectivity index (χ3n) is 3.41. The second kappa shape index (κ2) is 4.85. The molecule has 2 N–H and O–H groups in total. The summed E-state index contributed by atoms with van der Waals surface area (Å²) in [5.41, 5.74) is 0.152. The van der Waals surface area contributed by atoms with Crippen LogP contribution in [0, 0.1) is 11.8 Å². The van der Waals surface area contributed by atoms with Gasteiger partial charge < -0.3 is 10.4 Å². The Labute approximate surface area is 112 Å². The summed E-state index contributed by atoms with van der Waals surface area (Å²) < 4.78 is 23.5. The van der Waals surface area contributed by atoms with Gasteiger partial charge in [0.05, 0.1) is 16.3 Å². The van der Waals surface area contributed by atoms with Crippen LogP contribution in [0.1, 0.15) is 20.3 Å². The lowest BCUT2D eigenvalue weighted by molar-refractivity contribution is -0.117. The fraction of sp³-hybridized carbons (Fsp3) is 0.462. The zero-order valence-electron chi connectivity index (χ0n) is 10.9. The molecule has 6 heteroatoms. The molecule has 1 aliphatic rings. The standard InChI is InChI=1S/C13H17NO4S/c1-3-19(17,18)9-4-5-12(15)11(7-9)14-13(16)10-6-8(10)2/h4-5,7-8,10,15H,3,6H2,1-2H3,(H,14,16)/t8-,10-/m0/s1. The van der Waals surface area contributed by atoms with E-state index < -0.39 is 9.84 Å². The van der Waals surface area contributed by atoms with Crippen LogP contribution in [0.5, 0.6) is 5.75 Å². The normalized spacial score (nSPS) is 22.0. The van der Waals surface area contributed by atoms with E-state index in [2.05, 4.69) is 5.32 Å². The molecule has 0 spiro atoms. The first-order chi connectivity index (χ1) is 8.85. The summed E-state index contributed by atoms with van der Waals surface area (Å²) in [4.78, 5) is 11.9. The number of hydrogen-bond donors (Lipinski definition) is 2. The molecule has 2 rings (SSSR count). The zero-order chi connectivity index (χ0) is 14.2.